The lowest BCUT2D eigenvalue weighted by Gasteiger charge is -2.35. The van der Waals surface area contributed by atoms with E-state index in [0.717, 1.165) is 41.4 Å². The van der Waals surface area contributed by atoms with E-state index in [1.165, 1.54) is 9.58 Å². The highest BCUT2D eigenvalue weighted by molar-refractivity contribution is 6.11. The number of hydrogen-bond acceptors (Lipinski definition) is 6. The number of nitrogens with zero attached hydrogens (tertiary/aromatic N) is 6. The predicted octanol–water partition coefficient (Wildman–Crippen LogP) is 4.35. The zero-order chi connectivity index (χ0) is 25.5. The summed E-state index contributed by atoms with van der Waals surface area (Å²) < 4.78 is 32.4. The standard InChI is InChI=1S/C27H23F2N7O/c1-16-5-2-6-17-9-12-32-26(23(16)17)35(18-7-3-10-30-15-18)27(37)24-20(28)13-19(14-21(24)29)36-25-22(33-34-36)8-4-11-31-25/h2,4-6,8-9,11-14,18,30H,3,7,10,15H2,1H3/t18-/m1/s1. The van der Waals surface area contributed by atoms with Crippen molar-refractivity contribution < 1.29 is 13.6 Å². The van der Waals surface area contributed by atoms with Crippen LogP contribution in [0.4, 0.5) is 14.6 Å². The third-order valence-electron chi connectivity index (χ3n) is 6.76. The van der Waals surface area contributed by atoms with E-state index >= 15 is 8.78 Å². The molecule has 37 heavy (non-hydrogen) atoms. The van der Waals surface area contributed by atoms with Crippen LogP contribution >= 0.6 is 0 Å². The molecular formula is C27H23F2N7O. The molecule has 0 saturated carbocycles. The van der Waals surface area contributed by atoms with Gasteiger partial charge in [-0.2, -0.15) is 4.68 Å². The van der Waals surface area contributed by atoms with Crippen LogP contribution in [0.1, 0.15) is 28.8 Å². The van der Waals surface area contributed by atoms with Gasteiger partial charge in [0, 0.05) is 36.5 Å². The van der Waals surface area contributed by atoms with Gasteiger partial charge in [-0.05, 0) is 55.5 Å². The van der Waals surface area contributed by atoms with Crippen LogP contribution in [0.3, 0.4) is 0 Å². The lowest BCUT2D eigenvalue weighted by Crippen LogP contribution is -2.50. The van der Waals surface area contributed by atoms with Gasteiger partial charge in [-0.15, -0.1) is 5.10 Å². The number of halogens is 2. The molecule has 1 aliphatic heterocycles. The number of amides is 1. The largest absolute Gasteiger partial charge is 0.315 e. The van der Waals surface area contributed by atoms with E-state index in [9.17, 15) is 4.79 Å². The first-order chi connectivity index (χ1) is 18.0. The van der Waals surface area contributed by atoms with Crippen LogP contribution < -0.4 is 10.2 Å². The molecule has 2 aromatic carbocycles. The Morgan fingerprint density at radius 2 is 1.92 bits per heavy atom. The van der Waals surface area contributed by atoms with Crippen LogP contribution in [0, 0.1) is 18.6 Å². The molecule has 0 bridgehead atoms. The summed E-state index contributed by atoms with van der Waals surface area (Å²) in [4.78, 5) is 24.2. The van der Waals surface area contributed by atoms with Crippen LogP contribution in [0.2, 0.25) is 0 Å². The average Bonchev–Trinajstić information content (AvgIpc) is 3.34. The molecule has 0 spiro atoms. The van der Waals surface area contributed by atoms with E-state index in [-0.39, 0.29) is 11.7 Å². The molecule has 1 saturated heterocycles. The van der Waals surface area contributed by atoms with Crippen LogP contribution in [-0.4, -0.2) is 50.0 Å². The molecule has 0 aliphatic carbocycles. The van der Waals surface area contributed by atoms with Crippen molar-refractivity contribution in [2.45, 2.75) is 25.8 Å². The minimum atomic E-state index is -0.995. The molecule has 1 aliphatic rings. The molecular weight excluding hydrogens is 476 g/mol. The third kappa shape index (κ3) is 3.99. The smallest absolute Gasteiger partial charge is 0.265 e. The molecule has 8 nitrogen and oxygen atoms in total. The minimum absolute atomic E-state index is 0.0813. The van der Waals surface area contributed by atoms with Gasteiger partial charge < -0.3 is 5.32 Å². The fourth-order valence-corrected chi connectivity index (χ4v) is 5.00. The average molecular weight is 500 g/mol. The number of hydrogen-bond donors (Lipinski definition) is 1. The van der Waals surface area contributed by atoms with Crippen LogP contribution in [-0.2, 0) is 0 Å². The number of benzene rings is 2. The molecule has 5 aromatic rings. The van der Waals surface area contributed by atoms with Crippen molar-refractivity contribution in [3.8, 4) is 5.69 Å². The summed E-state index contributed by atoms with van der Waals surface area (Å²) in [5.41, 5.74) is 1.20. The van der Waals surface area contributed by atoms with E-state index in [2.05, 4.69) is 25.6 Å². The number of anilines is 1. The monoisotopic (exact) mass is 499 g/mol. The van der Waals surface area contributed by atoms with Crippen molar-refractivity contribution in [3.63, 3.8) is 0 Å². The highest BCUT2D eigenvalue weighted by Crippen LogP contribution is 2.32. The van der Waals surface area contributed by atoms with E-state index in [1.807, 2.05) is 31.2 Å². The maximum absolute atomic E-state index is 15.6. The topological polar surface area (TPSA) is 88.8 Å². The number of piperidine rings is 1. The van der Waals surface area contributed by atoms with Gasteiger partial charge in [-0.25, -0.2) is 18.7 Å². The Hall–Kier alpha value is -4.31. The summed E-state index contributed by atoms with van der Waals surface area (Å²) in [7, 11) is 0. The first-order valence-corrected chi connectivity index (χ1v) is 12.1. The summed E-state index contributed by atoms with van der Waals surface area (Å²) in [6, 6.07) is 12.9. The van der Waals surface area contributed by atoms with Crippen molar-refractivity contribution in [1.82, 2.24) is 30.3 Å². The number of pyridine rings is 2. The lowest BCUT2D eigenvalue weighted by atomic mass is 10.0. The Bertz CT molecular complexity index is 1620. The minimum Gasteiger partial charge on any atom is -0.315 e. The number of aromatic nitrogens is 5. The number of nitrogens with one attached hydrogen (secondary N) is 1. The molecule has 6 rings (SSSR count). The van der Waals surface area contributed by atoms with Gasteiger partial charge in [0.15, 0.2) is 5.65 Å². The maximum atomic E-state index is 15.6. The van der Waals surface area contributed by atoms with Gasteiger partial charge in [0.25, 0.3) is 5.91 Å². The van der Waals surface area contributed by atoms with Crippen LogP contribution in [0.25, 0.3) is 27.6 Å². The summed E-state index contributed by atoms with van der Waals surface area (Å²) in [6.07, 6.45) is 4.67. The number of rotatable bonds is 4. The molecule has 4 heterocycles. The maximum Gasteiger partial charge on any atom is 0.265 e. The van der Waals surface area contributed by atoms with E-state index in [4.69, 9.17) is 0 Å². The van der Waals surface area contributed by atoms with Crippen molar-refractivity contribution in [2.24, 2.45) is 0 Å². The van der Waals surface area contributed by atoms with Gasteiger partial charge in [0.1, 0.15) is 28.5 Å². The van der Waals surface area contributed by atoms with Crippen LogP contribution in [0.5, 0.6) is 0 Å². The second-order valence-corrected chi connectivity index (χ2v) is 9.11. The van der Waals surface area contributed by atoms with Gasteiger partial charge in [-0.1, -0.05) is 23.4 Å². The quantitative estimate of drug-likeness (QED) is 0.396. The molecule has 0 unspecified atom stereocenters. The van der Waals surface area contributed by atoms with Crippen molar-refractivity contribution in [1.29, 1.82) is 0 Å². The molecule has 10 heteroatoms. The molecule has 3 aromatic heterocycles. The van der Waals surface area contributed by atoms with Gasteiger partial charge in [0.2, 0.25) is 0 Å². The SMILES string of the molecule is Cc1cccc2ccnc(N(C(=O)c3c(F)cc(-n4nnc5cccnc54)cc3F)[C@@H]3CCCNC3)c12. The summed E-state index contributed by atoms with van der Waals surface area (Å²) in [6.45, 7) is 3.24. The summed E-state index contributed by atoms with van der Waals surface area (Å²) in [5.74, 6) is -2.38. The Labute approximate surface area is 210 Å². The first kappa shape index (κ1) is 23.1. The number of carbonyl (C=O) groups excluding carboxylic acids is 1. The second kappa shape index (κ2) is 9.29. The highest BCUT2D eigenvalue weighted by atomic mass is 19.1. The molecule has 1 N–H and O–H groups in total. The van der Waals surface area contributed by atoms with Crippen molar-refractivity contribution in [3.05, 3.63) is 83.7 Å². The van der Waals surface area contributed by atoms with Crippen molar-refractivity contribution >= 4 is 33.7 Å². The predicted molar refractivity (Wildman–Crippen MR) is 136 cm³/mol. The Morgan fingerprint density at radius 1 is 1.08 bits per heavy atom. The van der Waals surface area contributed by atoms with E-state index < -0.39 is 23.1 Å². The van der Waals surface area contributed by atoms with Crippen molar-refractivity contribution in [2.75, 3.05) is 18.0 Å². The fraction of sp³-hybridized carbons (Fsp3) is 0.222. The summed E-state index contributed by atoms with van der Waals surface area (Å²) >= 11 is 0. The number of fused-ring (bicyclic) bond motifs is 2. The molecule has 1 atom stereocenters. The Morgan fingerprint density at radius 3 is 2.70 bits per heavy atom. The highest BCUT2D eigenvalue weighted by Gasteiger charge is 2.33. The Balaban J connectivity index is 1.48. The first-order valence-electron chi connectivity index (χ1n) is 12.1. The van der Waals surface area contributed by atoms with Crippen LogP contribution in [0.15, 0.2) is 60.9 Å². The number of aryl methyl sites for hydroxylation is 1. The summed E-state index contributed by atoms with van der Waals surface area (Å²) in [5, 5.41) is 12.9. The van der Waals surface area contributed by atoms with E-state index in [0.29, 0.717) is 29.9 Å². The lowest BCUT2D eigenvalue weighted by molar-refractivity contribution is 0.0963. The normalized spacial score (nSPS) is 15.8. The zero-order valence-electron chi connectivity index (χ0n) is 20.0. The van der Waals surface area contributed by atoms with E-state index in [1.54, 1.807) is 24.5 Å². The number of carbonyl (C=O) groups is 1. The van der Waals surface area contributed by atoms with Gasteiger partial charge in [-0.3, -0.25) is 9.69 Å². The third-order valence-corrected chi connectivity index (χ3v) is 6.76. The molecule has 1 amide bonds. The molecule has 186 valence electrons. The fourth-order valence-electron chi connectivity index (χ4n) is 5.00. The second-order valence-electron chi connectivity index (χ2n) is 9.11. The van der Waals surface area contributed by atoms with Gasteiger partial charge >= 0.3 is 0 Å². The molecule has 1 fully saturated rings. The zero-order valence-corrected chi connectivity index (χ0v) is 20.0. The molecule has 0 radical (unpaired) electrons. The Kier molecular flexibility index (Phi) is 5.80. The van der Waals surface area contributed by atoms with Gasteiger partial charge in [0.05, 0.1) is 11.7 Å².